The van der Waals surface area contributed by atoms with E-state index in [0.717, 1.165) is 16.2 Å². The second-order valence-corrected chi connectivity index (χ2v) is 7.99. The number of carbonyl (C=O) groups excluding carboxylic acids is 1. The number of likely N-dealkylation sites (N-methyl/N-ethyl adjacent to an activating group) is 1. The van der Waals surface area contributed by atoms with Gasteiger partial charge in [0, 0.05) is 16.3 Å². The van der Waals surface area contributed by atoms with E-state index >= 15 is 0 Å². The molecule has 0 saturated heterocycles. The van der Waals surface area contributed by atoms with E-state index in [1.807, 2.05) is 39.9 Å². The first kappa shape index (κ1) is 20.4. The average Bonchev–Trinajstić information content (AvgIpc) is 3.30. The Kier molecular flexibility index (Phi) is 8.60. The van der Waals surface area contributed by atoms with Crippen molar-refractivity contribution in [2.24, 2.45) is 0 Å². The molecular formula is C18H25N3O3S2. The summed E-state index contributed by atoms with van der Waals surface area (Å²) >= 11 is 3.31. The van der Waals surface area contributed by atoms with Crippen molar-refractivity contribution >= 4 is 34.7 Å². The fraction of sp³-hybridized carbons (Fsp3) is 0.444. The lowest BCUT2D eigenvalue weighted by molar-refractivity contribution is -0.134. The van der Waals surface area contributed by atoms with Gasteiger partial charge in [0.2, 0.25) is 5.91 Å². The molecule has 0 saturated carbocycles. The predicted octanol–water partition coefficient (Wildman–Crippen LogP) is 3.36. The van der Waals surface area contributed by atoms with E-state index in [1.54, 1.807) is 29.7 Å². The van der Waals surface area contributed by atoms with Gasteiger partial charge in [-0.2, -0.15) is 0 Å². The zero-order valence-electron chi connectivity index (χ0n) is 14.8. The summed E-state index contributed by atoms with van der Waals surface area (Å²) in [6.07, 6.45) is 1.17. The van der Waals surface area contributed by atoms with Crippen molar-refractivity contribution < 1.29 is 14.7 Å². The Balaban J connectivity index is 1.94. The van der Waals surface area contributed by atoms with Gasteiger partial charge >= 0.3 is 6.09 Å². The van der Waals surface area contributed by atoms with Gasteiger partial charge in [-0.3, -0.25) is 4.79 Å². The minimum atomic E-state index is -1.01. The van der Waals surface area contributed by atoms with E-state index < -0.39 is 6.09 Å². The third kappa shape index (κ3) is 6.78. The second kappa shape index (κ2) is 10.9. The molecule has 0 bridgehead atoms. The van der Waals surface area contributed by atoms with Gasteiger partial charge in [0.1, 0.15) is 0 Å². The van der Waals surface area contributed by atoms with Crippen LogP contribution in [0.25, 0.3) is 0 Å². The number of amides is 2. The lowest BCUT2D eigenvalue weighted by Crippen LogP contribution is -2.44. The molecule has 6 nitrogen and oxygen atoms in total. The fourth-order valence-corrected chi connectivity index (χ4v) is 4.11. The summed E-state index contributed by atoms with van der Waals surface area (Å²) < 4.78 is 0. The van der Waals surface area contributed by atoms with E-state index in [2.05, 4.69) is 10.6 Å². The molecule has 0 radical (unpaired) electrons. The summed E-state index contributed by atoms with van der Waals surface area (Å²) in [6.45, 7) is 1.62. The van der Waals surface area contributed by atoms with E-state index in [4.69, 9.17) is 5.11 Å². The number of thiophene rings is 2. The number of unbranched alkanes of at least 4 members (excludes halogenated alkanes) is 1. The third-order valence-corrected chi connectivity index (χ3v) is 5.73. The quantitative estimate of drug-likeness (QED) is 0.510. The third-order valence-electron chi connectivity index (χ3n) is 4.01. The minimum absolute atomic E-state index is 0.0838. The van der Waals surface area contributed by atoms with Gasteiger partial charge < -0.3 is 20.6 Å². The van der Waals surface area contributed by atoms with Crippen LogP contribution in [-0.2, 0) is 17.9 Å². The summed E-state index contributed by atoms with van der Waals surface area (Å²) in [5.74, 6) is 0.0838. The zero-order chi connectivity index (χ0) is 18.8. The molecule has 2 rings (SSSR count). The van der Waals surface area contributed by atoms with Crippen LogP contribution in [-0.4, -0.2) is 41.6 Å². The van der Waals surface area contributed by atoms with Crippen molar-refractivity contribution in [1.29, 1.82) is 0 Å². The van der Waals surface area contributed by atoms with E-state index in [1.165, 1.54) is 0 Å². The molecule has 0 aromatic carbocycles. The number of carboxylic acid groups (broad SMARTS) is 1. The Morgan fingerprint density at radius 1 is 1.12 bits per heavy atom. The first-order valence-corrected chi connectivity index (χ1v) is 10.3. The van der Waals surface area contributed by atoms with Crippen molar-refractivity contribution in [3.63, 3.8) is 0 Å². The molecule has 0 aliphatic heterocycles. The van der Waals surface area contributed by atoms with Crippen LogP contribution in [0.1, 0.15) is 29.0 Å². The highest BCUT2D eigenvalue weighted by Crippen LogP contribution is 2.19. The smallest absolute Gasteiger partial charge is 0.404 e. The normalized spacial score (nSPS) is 11.9. The van der Waals surface area contributed by atoms with Crippen LogP contribution < -0.4 is 10.6 Å². The van der Waals surface area contributed by atoms with Crippen LogP contribution >= 0.6 is 22.7 Å². The highest BCUT2D eigenvalue weighted by Gasteiger charge is 2.23. The lowest BCUT2D eigenvalue weighted by atomic mass is 10.1. The first-order chi connectivity index (χ1) is 12.6. The Labute approximate surface area is 161 Å². The largest absolute Gasteiger partial charge is 0.465 e. The Hall–Kier alpha value is -1.90. The van der Waals surface area contributed by atoms with Gasteiger partial charge in [0.15, 0.2) is 0 Å². The van der Waals surface area contributed by atoms with E-state index in [-0.39, 0.29) is 11.9 Å². The summed E-state index contributed by atoms with van der Waals surface area (Å²) in [4.78, 5) is 27.8. The molecular weight excluding hydrogens is 370 g/mol. The van der Waals surface area contributed by atoms with Crippen LogP contribution in [0.3, 0.4) is 0 Å². The molecule has 0 spiro atoms. The molecule has 3 N–H and O–H groups in total. The first-order valence-electron chi connectivity index (χ1n) is 8.57. The van der Waals surface area contributed by atoms with Crippen LogP contribution in [0.5, 0.6) is 0 Å². The van der Waals surface area contributed by atoms with Crippen LogP contribution in [0.4, 0.5) is 4.79 Å². The van der Waals surface area contributed by atoms with E-state index in [9.17, 15) is 9.59 Å². The summed E-state index contributed by atoms with van der Waals surface area (Å²) in [6, 6.07) is 7.83. The molecule has 0 aliphatic rings. The molecule has 2 aromatic rings. The maximum Gasteiger partial charge on any atom is 0.404 e. The molecule has 26 heavy (non-hydrogen) atoms. The highest BCUT2D eigenvalue weighted by atomic mass is 32.1. The van der Waals surface area contributed by atoms with Gasteiger partial charge in [0.05, 0.1) is 19.1 Å². The second-order valence-electron chi connectivity index (χ2n) is 5.92. The average molecular weight is 396 g/mol. The van der Waals surface area contributed by atoms with Gasteiger partial charge in [-0.05, 0) is 49.2 Å². The van der Waals surface area contributed by atoms with Crippen molar-refractivity contribution in [2.75, 3.05) is 13.6 Å². The Morgan fingerprint density at radius 2 is 1.73 bits per heavy atom. The summed E-state index contributed by atoms with van der Waals surface area (Å²) in [5.41, 5.74) is 0. The van der Waals surface area contributed by atoms with Gasteiger partial charge in [0.25, 0.3) is 0 Å². The maximum atomic E-state index is 13.1. The van der Waals surface area contributed by atoms with Crippen LogP contribution in [0, 0.1) is 0 Å². The molecule has 2 amide bonds. The number of nitrogens with one attached hydrogen (secondary N) is 2. The van der Waals surface area contributed by atoms with Gasteiger partial charge in [-0.15, -0.1) is 22.7 Å². The molecule has 142 valence electrons. The number of hydrogen-bond donors (Lipinski definition) is 3. The lowest BCUT2D eigenvalue weighted by Gasteiger charge is -2.26. The van der Waals surface area contributed by atoms with Gasteiger partial charge in [-0.1, -0.05) is 12.1 Å². The monoisotopic (exact) mass is 395 g/mol. The minimum Gasteiger partial charge on any atom is -0.465 e. The molecule has 2 heterocycles. The molecule has 2 aromatic heterocycles. The van der Waals surface area contributed by atoms with Crippen molar-refractivity contribution in [3.8, 4) is 0 Å². The number of hydrogen-bond acceptors (Lipinski definition) is 5. The molecule has 1 atom stereocenters. The number of carbonyl (C=O) groups is 2. The van der Waals surface area contributed by atoms with Crippen molar-refractivity contribution in [1.82, 2.24) is 15.5 Å². The maximum absolute atomic E-state index is 13.1. The Morgan fingerprint density at radius 3 is 2.19 bits per heavy atom. The molecule has 0 unspecified atom stereocenters. The standard InChI is InChI=1S/C18H25N3O3S2/c1-19-16(8-2-3-9-20-18(23)24)17(22)21(12-14-6-4-10-25-14)13-15-7-5-11-26-15/h4-7,10-11,16,19-20H,2-3,8-9,12-13H2,1H3,(H,23,24)/t16-/m0/s1. The zero-order valence-corrected chi connectivity index (χ0v) is 16.4. The van der Waals surface area contributed by atoms with Crippen molar-refractivity contribution in [3.05, 3.63) is 44.8 Å². The molecule has 0 fully saturated rings. The molecule has 8 heteroatoms. The van der Waals surface area contributed by atoms with Gasteiger partial charge in [-0.25, -0.2) is 4.79 Å². The SMILES string of the molecule is CN[C@@H](CCCCNC(=O)O)C(=O)N(Cc1cccs1)Cc1cccs1. The fourth-order valence-electron chi connectivity index (χ4n) is 2.67. The van der Waals surface area contributed by atoms with E-state index in [0.29, 0.717) is 32.5 Å². The van der Waals surface area contributed by atoms with Crippen LogP contribution in [0.2, 0.25) is 0 Å². The summed E-state index contributed by atoms with van der Waals surface area (Å²) in [5, 5.41) is 18.1. The highest BCUT2D eigenvalue weighted by molar-refractivity contribution is 7.10. The summed E-state index contributed by atoms with van der Waals surface area (Å²) in [7, 11) is 1.80. The Bertz CT molecular complexity index is 623. The molecule has 0 aliphatic carbocycles. The van der Waals surface area contributed by atoms with Crippen LogP contribution in [0.15, 0.2) is 35.0 Å². The topological polar surface area (TPSA) is 81.7 Å². The predicted molar refractivity (Wildman–Crippen MR) is 106 cm³/mol. The number of nitrogens with zero attached hydrogens (tertiary/aromatic N) is 1. The number of rotatable bonds is 11. The van der Waals surface area contributed by atoms with Crippen molar-refractivity contribution in [2.45, 2.75) is 38.4 Å².